The summed E-state index contributed by atoms with van der Waals surface area (Å²) in [5.41, 5.74) is 1.19. The molecule has 1 saturated heterocycles. The Labute approximate surface area is 110 Å². The van der Waals surface area contributed by atoms with Crippen LogP contribution in [0.5, 0.6) is 0 Å². The summed E-state index contributed by atoms with van der Waals surface area (Å²) in [4.78, 5) is 11.4. The van der Waals surface area contributed by atoms with E-state index in [-0.39, 0.29) is 0 Å². The first-order valence-electron chi connectivity index (χ1n) is 7.43. The van der Waals surface area contributed by atoms with Crippen LogP contribution >= 0.6 is 0 Å². The molecule has 0 spiro atoms. The molecule has 98 valence electrons. The molecule has 0 N–H and O–H groups in total. The Morgan fingerprint density at radius 2 is 1.89 bits per heavy atom. The Balaban J connectivity index is 1.64. The van der Waals surface area contributed by atoms with Gasteiger partial charge in [0.2, 0.25) is 0 Å². The van der Waals surface area contributed by atoms with Crippen molar-refractivity contribution in [3.8, 4) is 0 Å². The predicted molar refractivity (Wildman–Crippen MR) is 72.5 cm³/mol. The smallest absolute Gasteiger partial charge is 0.0630 e. The van der Waals surface area contributed by atoms with Crippen molar-refractivity contribution in [2.24, 2.45) is 0 Å². The molecule has 18 heavy (non-hydrogen) atoms. The average molecular weight is 245 g/mol. The molecule has 0 aromatic carbocycles. The van der Waals surface area contributed by atoms with Crippen molar-refractivity contribution in [1.29, 1.82) is 0 Å². The fraction of sp³-hybridized carbons (Fsp3) is 0.733. The molecule has 0 amide bonds. The van der Waals surface area contributed by atoms with Crippen LogP contribution in [0, 0.1) is 0 Å². The fourth-order valence-corrected chi connectivity index (χ4v) is 3.55. The van der Waals surface area contributed by atoms with Gasteiger partial charge in [0.15, 0.2) is 0 Å². The second-order valence-electron chi connectivity index (χ2n) is 5.76. The van der Waals surface area contributed by atoms with E-state index in [1.165, 1.54) is 63.7 Å². The normalized spacial score (nSPS) is 27.2. The maximum Gasteiger partial charge on any atom is 0.0630 e. The van der Waals surface area contributed by atoms with Crippen LogP contribution in [-0.2, 0) is 0 Å². The summed E-state index contributed by atoms with van der Waals surface area (Å²) in [6, 6.07) is 0.846. The zero-order valence-electron chi connectivity index (χ0n) is 11.1. The summed E-state index contributed by atoms with van der Waals surface area (Å²) in [6.07, 6.45) is 15.3. The van der Waals surface area contributed by atoms with Crippen molar-refractivity contribution < 1.29 is 0 Å². The highest BCUT2D eigenvalue weighted by molar-refractivity contribution is 5.06. The molecular weight excluding hydrogens is 222 g/mol. The maximum atomic E-state index is 4.49. The molecule has 0 unspecified atom stereocenters. The topological polar surface area (TPSA) is 29.0 Å². The summed E-state index contributed by atoms with van der Waals surface area (Å²) in [7, 11) is 0. The third-order valence-electron chi connectivity index (χ3n) is 4.55. The van der Waals surface area contributed by atoms with Crippen LogP contribution in [-0.4, -0.2) is 34.0 Å². The van der Waals surface area contributed by atoms with E-state index >= 15 is 0 Å². The van der Waals surface area contributed by atoms with Crippen molar-refractivity contribution in [2.75, 3.05) is 13.1 Å². The van der Waals surface area contributed by atoms with Gasteiger partial charge in [-0.2, -0.15) is 0 Å². The molecule has 1 aromatic heterocycles. The summed E-state index contributed by atoms with van der Waals surface area (Å²) in [5, 5.41) is 0. The van der Waals surface area contributed by atoms with Crippen LogP contribution in [0.1, 0.15) is 56.6 Å². The van der Waals surface area contributed by atoms with Gasteiger partial charge in [-0.3, -0.25) is 14.9 Å². The maximum absolute atomic E-state index is 4.49. The van der Waals surface area contributed by atoms with Gasteiger partial charge in [0.05, 0.1) is 5.69 Å². The monoisotopic (exact) mass is 245 g/mol. The van der Waals surface area contributed by atoms with Crippen LogP contribution in [0.2, 0.25) is 0 Å². The van der Waals surface area contributed by atoms with Gasteiger partial charge in [0, 0.05) is 37.1 Å². The minimum absolute atomic E-state index is 0.606. The van der Waals surface area contributed by atoms with E-state index in [9.17, 15) is 0 Å². The number of likely N-dealkylation sites (tertiary alicyclic amines) is 1. The summed E-state index contributed by atoms with van der Waals surface area (Å²) >= 11 is 0. The molecule has 0 bridgehead atoms. The first kappa shape index (κ1) is 12.1. The third-order valence-corrected chi connectivity index (χ3v) is 4.55. The largest absolute Gasteiger partial charge is 0.300 e. The van der Waals surface area contributed by atoms with Gasteiger partial charge >= 0.3 is 0 Å². The second-order valence-corrected chi connectivity index (χ2v) is 5.76. The van der Waals surface area contributed by atoms with E-state index < -0.39 is 0 Å². The highest BCUT2D eigenvalue weighted by Crippen LogP contribution is 2.30. The van der Waals surface area contributed by atoms with Gasteiger partial charge in [0.25, 0.3) is 0 Å². The van der Waals surface area contributed by atoms with E-state index in [0.717, 1.165) is 6.04 Å². The quantitative estimate of drug-likeness (QED) is 0.802. The van der Waals surface area contributed by atoms with Gasteiger partial charge in [-0.15, -0.1) is 0 Å². The summed E-state index contributed by atoms with van der Waals surface area (Å²) < 4.78 is 0. The molecule has 1 atom stereocenters. The number of nitrogens with zero attached hydrogens (tertiary/aromatic N) is 3. The number of hydrogen-bond acceptors (Lipinski definition) is 3. The molecule has 2 fully saturated rings. The Morgan fingerprint density at radius 1 is 1.00 bits per heavy atom. The minimum Gasteiger partial charge on any atom is -0.300 e. The van der Waals surface area contributed by atoms with Gasteiger partial charge in [0.1, 0.15) is 0 Å². The molecule has 1 saturated carbocycles. The van der Waals surface area contributed by atoms with Crippen LogP contribution in [0.3, 0.4) is 0 Å². The molecule has 3 heteroatoms. The lowest BCUT2D eigenvalue weighted by molar-refractivity contribution is 0.118. The standard InChI is InChI=1S/C15H23N3/c1-2-6-14(7-3-1)18-10-4-5-13(12-18)15-11-16-8-9-17-15/h8-9,11,13-14H,1-7,10,12H2/t13-/m0/s1. The van der Waals surface area contributed by atoms with Crippen LogP contribution in [0.25, 0.3) is 0 Å². The molecule has 2 aliphatic rings. The van der Waals surface area contributed by atoms with Crippen molar-refractivity contribution in [2.45, 2.75) is 56.9 Å². The number of piperidine rings is 1. The van der Waals surface area contributed by atoms with Gasteiger partial charge < -0.3 is 0 Å². The zero-order chi connectivity index (χ0) is 12.2. The van der Waals surface area contributed by atoms with E-state index in [0.29, 0.717) is 5.92 Å². The van der Waals surface area contributed by atoms with Crippen LogP contribution < -0.4 is 0 Å². The van der Waals surface area contributed by atoms with Crippen molar-refractivity contribution in [1.82, 2.24) is 14.9 Å². The first-order chi connectivity index (χ1) is 8.93. The summed E-state index contributed by atoms with van der Waals surface area (Å²) in [6.45, 7) is 2.49. The molecule has 1 aliphatic heterocycles. The highest BCUT2D eigenvalue weighted by Gasteiger charge is 2.28. The lowest BCUT2D eigenvalue weighted by Crippen LogP contribution is -2.43. The lowest BCUT2D eigenvalue weighted by Gasteiger charge is -2.39. The second kappa shape index (κ2) is 5.79. The number of hydrogen-bond donors (Lipinski definition) is 0. The Bertz CT molecular complexity index is 359. The first-order valence-corrected chi connectivity index (χ1v) is 7.43. The van der Waals surface area contributed by atoms with Gasteiger partial charge in [-0.1, -0.05) is 19.3 Å². The summed E-state index contributed by atoms with van der Waals surface area (Å²) in [5.74, 6) is 0.606. The predicted octanol–water partition coefficient (Wildman–Crippen LogP) is 2.99. The Kier molecular flexibility index (Phi) is 3.89. The molecular formula is C15H23N3. The Morgan fingerprint density at radius 3 is 2.67 bits per heavy atom. The van der Waals surface area contributed by atoms with E-state index in [1.807, 2.05) is 12.4 Å². The third kappa shape index (κ3) is 2.72. The van der Waals surface area contributed by atoms with Crippen molar-refractivity contribution in [3.05, 3.63) is 24.3 Å². The minimum atomic E-state index is 0.606. The highest BCUT2D eigenvalue weighted by atomic mass is 15.2. The van der Waals surface area contributed by atoms with Crippen molar-refractivity contribution in [3.63, 3.8) is 0 Å². The van der Waals surface area contributed by atoms with E-state index in [4.69, 9.17) is 0 Å². The molecule has 1 aliphatic carbocycles. The molecule has 0 radical (unpaired) electrons. The molecule has 3 nitrogen and oxygen atoms in total. The van der Waals surface area contributed by atoms with Crippen molar-refractivity contribution >= 4 is 0 Å². The lowest BCUT2D eigenvalue weighted by atomic mass is 9.89. The fourth-order valence-electron chi connectivity index (χ4n) is 3.55. The number of aromatic nitrogens is 2. The number of rotatable bonds is 2. The van der Waals surface area contributed by atoms with Gasteiger partial charge in [-0.05, 0) is 32.2 Å². The molecule has 2 heterocycles. The average Bonchev–Trinajstić information content (AvgIpc) is 2.49. The van der Waals surface area contributed by atoms with E-state index in [2.05, 4.69) is 14.9 Å². The van der Waals surface area contributed by atoms with Gasteiger partial charge in [-0.25, -0.2) is 0 Å². The zero-order valence-corrected chi connectivity index (χ0v) is 11.1. The SMILES string of the molecule is c1cnc([C@H]2CCCN(C3CCCCC3)C2)cn1. The van der Waals surface area contributed by atoms with Crippen LogP contribution in [0.15, 0.2) is 18.6 Å². The molecule has 1 aromatic rings. The molecule has 3 rings (SSSR count). The van der Waals surface area contributed by atoms with E-state index in [1.54, 1.807) is 6.20 Å². The van der Waals surface area contributed by atoms with Crippen LogP contribution in [0.4, 0.5) is 0 Å². The Hall–Kier alpha value is -0.960.